The third-order valence-electron chi connectivity index (χ3n) is 3.62. The van der Waals surface area contributed by atoms with E-state index in [1.54, 1.807) is 18.6 Å². The lowest BCUT2D eigenvalue weighted by molar-refractivity contribution is 0.980. The van der Waals surface area contributed by atoms with Crippen LogP contribution in [0.3, 0.4) is 0 Å². The van der Waals surface area contributed by atoms with Crippen LogP contribution in [0.4, 0.5) is 5.69 Å². The first-order chi connectivity index (χ1) is 11.3. The van der Waals surface area contributed by atoms with E-state index in [-0.39, 0.29) is 5.69 Å². The highest BCUT2D eigenvalue weighted by molar-refractivity contribution is 5.81. The molecule has 4 N–H and O–H groups in total. The van der Waals surface area contributed by atoms with E-state index in [1.807, 2.05) is 30.3 Å². The van der Waals surface area contributed by atoms with Crippen LogP contribution in [0.1, 0.15) is 5.69 Å². The van der Waals surface area contributed by atoms with E-state index in [0.717, 1.165) is 33.5 Å². The van der Waals surface area contributed by atoms with Gasteiger partial charge in [-0.1, -0.05) is 6.07 Å². The van der Waals surface area contributed by atoms with Crippen LogP contribution in [-0.2, 0) is 6.54 Å². The Hall–Kier alpha value is -3.35. The normalized spacial score (nSPS) is 11.0. The molecule has 0 atom stereocenters. The van der Waals surface area contributed by atoms with Crippen LogP contribution in [-0.4, -0.2) is 25.1 Å². The van der Waals surface area contributed by atoms with Gasteiger partial charge in [-0.3, -0.25) is 10.1 Å². The first kappa shape index (κ1) is 13.3. The number of fused-ring (bicyclic) bond motifs is 1. The van der Waals surface area contributed by atoms with Crippen molar-refractivity contribution in [3.63, 3.8) is 0 Å². The molecule has 0 unspecified atom stereocenters. The fraction of sp³-hybridized carbons (Fsp3) is 0.0625. The SMILES string of the molecule is O=c1[nH]c2ccc(-c3cncc(NCc4cc[nH]n4)c3)cc2[nH]1. The van der Waals surface area contributed by atoms with Crippen LogP contribution in [0.5, 0.6) is 0 Å². The maximum absolute atomic E-state index is 11.3. The number of rotatable bonds is 4. The highest BCUT2D eigenvalue weighted by Crippen LogP contribution is 2.24. The molecule has 0 fully saturated rings. The van der Waals surface area contributed by atoms with E-state index in [2.05, 4.69) is 30.5 Å². The Bertz CT molecular complexity index is 999. The molecule has 7 heteroatoms. The zero-order chi connectivity index (χ0) is 15.6. The van der Waals surface area contributed by atoms with Gasteiger partial charge in [0.2, 0.25) is 0 Å². The van der Waals surface area contributed by atoms with E-state index in [4.69, 9.17) is 0 Å². The summed E-state index contributed by atoms with van der Waals surface area (Å²) in [6.45, 7) is 0.624. The van der Waals surface area contributed by atoms with Crippen LogP contribution in [0, 0.1) is 0 Å². The van der Waals surface area contributed by atoms with Crippen molar-refractivity contribution in [3.8, 4) is 11.1 Å². The first-order valence-electron chi connectivity index (χ1n) is 7.18. The van der Waals surface area contributed by atoms with Gasteiger partial charge in [-0.05, 0) is 29.8 Å². The first-order valence-corrected chi connectivity index (χ1v) is 7.18. The molecular weight excluding hydrogens is 292 g/mol. The van der Waals surface area contributed by atoms with Crippen LogP contribution < -0.4 is 11.0 Å². The van der Waals surface area contributed by atoms with Gasteiger partial charge in [-0.15, -0.1) is 0 Å². The predicted octanol–water partition coefficient (Wildman–Crippen LogP) is 2.25. The second kappa shape index (κ2) is 5.45. The Morgan fingerprint density at radius 2 is 1.91 bits per heavy atom. The molecule has 0 amide bonds. The highest BCUT2D eigenvalue weighted by Gasteiger charge is 2.04. The van der Waals surface area contributed by atoms with Crippen molar-refractivity contribution in [1.29, 1.82) is 0 Å². The molecular formula is C16H14N6O. The quantitative estimate of drug-likeness (QED) is 0.464. The smallest absolute Gasteiger partial charge is 0.323 e. The lowest BCUT2D eigenvalue weighted by atomic mass is 10.1. The molecule has 0 radical (unpaired) electrons. The van der Waals surface area contributed by atoms with Gasteiger partial charge in [0.1, 0.15) is 0 Å². The molecule has 23 heavy (non-hydrogen) atoms. The maximum Gasteiger partial charge on any atom is 0.323 e. The Balaban J connectivity index is 1.62. The third kappa shape index (κ3) is 2.71. The highest BCUT2D eigenvalue weighted by atomic mass is 16.1. The van der Waals surface area contributed by atoms with E-state index in [1.165, 1.54) is 0 Å². The molecule has 0 aliphatic carbocycles. The molecule has 3 aromatic heterocycles. The number of aromatic nitrogens is 5. The average Bonchev–Trinajstić information content (AvgIpc) is 3.20. The van der Waals surface area contributed by atoms with Crippen molar-refractivity contribution < 1.29 is 0 Å². The second-order valence-electron chi connectivity index (χ2n) is 5.22. The molecule has 0 saturated carbocycles. The number of pyridine rings is 1. The molecule has 0 aliphatic heterocycles. The summed E-state index contributed by atoms with van der Waals surface area (Å²) in [5, 5.41) is 10.2. The minimum absolute atomic E-state index is 0.204. The molecule has 7 nitrogen and oxygen atoms in total. The zero-order valence-electron chi connectivity index (χ0n) is 12.1. The number of H-pyrrole nitrogens is 3. The van der Waals surface area contributed by atoms with Crippen molar-refractivity contribution in [3.05, 3.63) is 65.1 Å². The molecule has 0 spiro atoms. The minimum atomic E-state index is -0.204. The molecule has 4 aromatic rings. The van der Waals surface area contributed by atoms with Crippen molar-refractivity contribution in [2.45, 2.75) is 6.54 Å². The lowest BCUT2D eigenvalue weighted by Gasteiger charge is -2.07. The Kier molecular flexibility index (Phi) is 3.16. The fourth-order valence-electron chi connectivity index (χ4n) is 2.49. The summed E-state index contributed by atoms with van der Waals surface area (Å²) in [7, 11) is 0. The van der Waals surface area contributed by atoms with Crippen molar-refractivity contribution >= 4 is 16.7 Å². The summed E-state index contributed by atoms with van der Waals surface area (Å²) in [6, 6.07) is 9.71. The standard InChI is InChI=1S/C16H14N6O/c23-16-20-14-2-1-10(6-15(14)21-16)11-5-13(8-17-7-11)18-9-12-3-4-19-22-12/h1-8,18H,9H2,(H,19,22)(H2,20,21,23). The van der Waals surface area contributed by atoms with Crippen LogP contribution in [0.25, 0.3) is 22.2 Å². The van der Waals surface area contributed by atoms with Crippen molar-refractivity contribution in [2.75, 3.05) is 5.32 Å². The van der Waals surface area contributed by atoms with Gasteiger partial charge in [0, 0.05) is 24.2 Å². The Labute approximate surface area is 130 Å². The van der Waals surface area contributed by atoms with Gasteiger partial charge in [-0.25, -0.2) is 4.79 Å². The summed E-state index contributed by atoms with van der Waals surface area (Å²) < 4.78 is 0. The Morgan fingerprint density at radius 3 is 2.78 bits per heavy atom. The summed E-state index contributed by atoms with van der Waals surface area (Å²) in [5.41, 5.74) is 5.17. The van der Waals surface area contributed by atoms with Crippen molar-refractivity contribution in [1.82, 2.24) is 25.1 Å². The van der Waals surface area contributed by atoms with Gasteiger partial charge < -0.3 is 15.3 Å². The van der Waals surface area contributed by atoms with E-state index in [0.29, 0.717) is 6.54 Å². The Morgan fingerprint density at radius 1 is 1.00 bits per heavy atom. The second-order valence-corrected chi connectivity index (χ2v) is 5.22. The number of nitrogens with zero attached hydrogens (tertiary/aromatic N) is 2. The number of nitrogens with one attached hydrogen (secondary N) is 4. The monoisotopic (exact) mass is 306 g/mol. The molecule has 0 bridgehead atoms. The molecule has 0 aliphatic rings. The van der Waals surface area contributed by atoms with Crippen LogP contribution in [0.2, 0.25) is 0 Å². The number of imidazole rings is 1. The maximum atomic E-state index is 11.3. The van der Waals surface area contributed by atoms with Crippen LogP contribution in [0.15, 0.2) is 53.7 Å². The fourth-order valence-corrected chi connectivity index (χ4v) is 2.49. The summed E-state index contributed by atoms with van der Waals surface area (Å²) in [4.78, 5) is 21.1. The van der Waals surface area contributed by atoms with Gasteiger partial charge in [-0.2, -0.15) is 5.10 Å². The van der Waals surface area contributed by atoms with E-state index >= 15 is 0 Å². The van der Waals surface area contributed by atoms with E-state index in [9.17, 15) is 4.79 Å². The number of hydrogen-bond donors (Lipinski definition) is 4. The lowest BCUT2D eigenvalue weighted by Crippen LogP contribution is -2.00. The van der Waals surface area contributed by atoms with Gasteiger partial charge in [0.15, 0.2) is 0 Å². The molecule has 0 saturated heterocycles. The number of benzene rings is 1. The topological polar surface area (TPSA) is 102 Å². The minimum Gasteiger partial charge on any atom is -0.378 e. The summed E-state index contributed by atoms with van der Waals surface area (Å²) >= 11 is 0. The number of hydrogen-bond acceptors (Lipinski definition) is 4. The third-order valence-corrected chi connectivity index (χ3v) is 3.62. The molecule has 3 heterocycles. The van der Waals surface area contributed by atoms with Crippen LogP contribution >= 0.6 is 0 Å². The predicted molar refractivity (Wildman–Crippen MR) is 88.1 cm³/mol. The summed E-state index contributed by atoms with van der Waals surface area (Å²) in [6.07, 6.45) is 5.36. The van der Waals surface area contributed by atoms with Gasteiger partial charge in [0.05, 0.1) is 29.0 Å². The largest absolute Gasteiger partial charge is 0.378 e. The number of aromatic amines is 3. The average molecular weight is 306 g/mol. The van der Waals surface area contributed by atoms with Crippen molar-refractivity contribution in [2.24, 2.45) is 0 Å². The van der Waals surface area contributed by atoms with E-state index < -0.39 is 0 Å². The molecule has 114 valence electrons. The van der Waals surface area contributed by atoms with Gasteiger partial charge in [0.25, 0.3) is 0 Å². The molecule has 1 aromatic carbocycles. The molecule has 4 rings (SSSR count). The zero-order valence-corrected chi connectivity index (χ0v) is 12.1. The number of anilines is 1. The summed E-state index contributed by atoms with van der Waals surface area (Å²) in [5.74, 6) is 0. The van der Waals surface area contributed by atoms with Gasteiger partial charge >= 0.3 is 5.69 Å².